The summed E-state index contributed by atoms with van der Waals surface area (Å²) >= 11 is 2.56. The Morgan fingerprint density at radius 2 is 2.00 bits per heavy atom. The normalized spacial score (nSPS) is 11.8. The number of aromatic nitrogens is 3. The zero-order valence-electron chi connectivity index (χ0n) is 18.3. The van der Waals surface area contributed by atoms with Gasteiger partial charge in [0, 0.05) is 18.0 Å². The first kappa shape index (κ1) is 22.8. The summed E-state index contributed by atoms with van der Waals surface area (Å²) in [5, 5.41) is 13.6. The maximum Gasteiger partial charge on any atom is 0.341 e. The van der Waals surface area contributed by atoms with E-state index in [1.54, 1.807) is 36.8 Å². The van der Waals surface area contributed by atoms with Gasteiger partial charge in [-0.3, -0.25) is 4.79 Å². The number of carbonyl (C=O) groups excluding carboxylic acids is 2. The maximum atomic E-state index is 13.0. The van der Waals surface area contributed by atoms with Crippen LogP contribution in [-0.4, -0.2) is 38.5 Å². The molecule has 0 aliphatic rings. The number of rotatable bonds is 8. The summed E-state index contributed by atoms with van der Waals surface area (Å²) < 4.78 is 12.4. The highest BCUT2D eigenvalue weighted by molar-refractivity contribution is 8.00. The standard InChI is InChI=1S/C23H22N4O4S2/c1-4-30-22(29)18-16(15-9-6-5-7-10-15)13-32-21(18)24-20(28)14(2)33-23-26-25-19(27(23)3)17-11-8-12-31-17/h5-14H,4H2,1-3H3,(H,24,28). The Labute approximate surface area is 199 Å². The molecule has 8 nitrogen and oxygen atoms in total. The van der Waals surface area contributed by atoms with Gasteiger partial charge in [0.15, 0.2) is 16.7 Å². The Morgan fingerprint density at radius 3 is 2.70 bits per heavy atom. The molecular formula is C23H22N4O4S2. The first-order valence-electron chi connectivity index (χ1n) is 10.2. The molecule has 33 heavy (non-hydrogen) atoms. The first-order valence-corrected chi connectivity index (χ1v) is 12.0. The van der Waals surface area contributed by atoms with Gasteiger partial charge in [-0.15, -0.1) is 21.5 Å². The molecular weight excluding hydrogens is 460 g/mol. The molecule has 3 heterocycles. The third-order valence-corrected chi connectivity index (χ3v) is 6.85. The number of hydrogen-bond donors (Lipinski definition) is 1. The van der Waals surface area contributed by atoms with Crippen LogP contribution in [0.2, 0.25) is 0 Å². The topological polar surface area (TPSA) is 99.2 Å². The molecule has 10 heteroatoms. The van der Waals surface area contributed by atoms with Gasteiger partial charge in [0.05, 0.1) is 18.1 Å². The zero-order valence-corrected chi connectivity index (χ0v) is 19.9. The number of thioether (sulfide) groups is 1. The van der Waals surface area contributed by atoms with Crippen molar-refractivity contribution in [3.63, 3.8) is 0 Å². The molecule has 1 N–H and O–H groups in total. The lowest BCUT2D eigenvalue weighted by molar-refractivity contribution is -0.115. The van der Waals surface area contributed by atoms with Crippen LogP contribution in [-0.2, 0) is 16.6 Å². The molecule has 1 atom stereocenters. The number of ether oxygens (including phenoxy) is 1. The number of furan rings is 1. The van der Waals surface area contributed by atoms with Crippen molar-refractivity contribution in [1.29, 1.82) is 0 Å². The van der Waals surface area contributed by atoms with Crippen molar-refractivity contribution in [1.82, 2.24) is 14.8 Å². The largest absolute Gasteiger partial charge is 0.462 e. The molecule has 4 aromatic rings. The van der Waals surface area contributed by atoms with Crippen molar-refractivity contribution in [2.75, 3.05) is 11.9 Å². The van der Waals surface area contributed by atoms with E-state index in [0.717, 1.165) is 11.1 Å². The van der Waals surface area contributed by atoms with E-state index < -0.39 is 11.2 Å². The molecule has 1 amide bonds. The lowest BCUT2D eigenvalue weighted by Gasteiger charge is -2.12. The Morgan fingerprint density at radius 1 is 1.21 bits per heavy atom. The van der Waals surface area contributed by atoms with Gasteiger partial charge in [-0.25, -0.2) is 4.79 Å². The first-order chi connectivity index (χ1) is 16.0. The predicted molar refractivity (Wildman–Crippen MR) is 128 cm³/mol. The SMILES string of the molecule is CCOC(=O)c1c(-c2ccccc2)csc1NC(=O)C(C)Sc1nnc(-c2ccco2)n1C. The van der Waals surface area contributed by atoms with Crippen LogP contribution in [0, 0.1) is 0 Å². The number of thiophene rings is 1. The molecule has 0 radical (unpaired) electrons. The summed E-state index contributed by atoms with van der Waals surface area (Å²) in [5.41, 5.74) is 1.97. The minimum Gasteiger partial charge on any atom is -0.462 e. The number of benzene rings is 1. The van der Waals surface area contributed by atoms with Crippen LogP contribution >= 0.6 is 23.1 Å². The van der Waals surface area contributed by atoms with Crippen molar-refractivity contribution < 1.29 is 18.7 Å². The molecule has 1 aromatic carbocycles. The molecule has 170 valence electrons. The highest BCUT2D eigenvalue weighted by Gasteiger charge is 2.25. The van der Waals surface area contributed by atoms with E-state index >= 15 is 0 Å². The van der Waals surface area contributed by atoms with E-state index in [2.05, 4.69) is 15.5 Å². The van der Waals surface area contributed by atoms with Gasteiger partial charge in [0.1, 0.15) is 10.6 Å². The van der Waals surface area contributed by atoms with Gasteiger partial charge in [-0.05, 0) is 31.5 Å². The van der Waals surface area contributed by atoms with E-state index in [9.17, 15) is 9.59 Å². The van der Waals surface area contributed by atoms with Gasteiger partial charge in [-0.2, -0.15) is 0 Å². The average molecular weight is 483 g/mol. The molecule has 0 aliphatic carbocycles. The van der Waals surface area contributed by atoms with Gasteiger partial charge in [0.25, 0.3) is 0 Å². The van der Waals surface area contributed by atoms with Crippen LogP contribution in [0.4, 0.5) is 5.00 Å². The second-order valence-corrected chi connectivity index (χ2v) is 9.22. The highest BCUT2D eigenvalue weighted by atomic mass is 32.2. The molecule has 0 spiro atoms. The quantitative estimate of drug-likeness (QED) is 0.275. The number of nitrogens with zero attached hydrogens (tertiary/aromatic N) is 3. The van der Waals surface area contributed by atoms with Crippen molar-refractivity contribution >= 4 is 40.0 Å². The molecule has 0 saturated carbocycles. The minimum atomic E-state index is -0.491. The summed E-state index contributed by atoms with van der Waals surface area (Å²) in [7, 11) is 1.81. The molecule has 0 fully saturated rings. The predicted octanol–water partition coefficient (Wildman–Crippen LogP) is 5.10. The number of hydrogen-bond acceptors (Lipinski definition) is 8. The van der Waals surface area contributed by atoms with Gasteiger partial charge >= 0.3 is 5.97 Å². The van der Waals surface area contributed by atoms with Gasteiger partial charge in [-0.1, -0.05) is 42.1 Å². The second kappa shape index (κ2) is 10.1. The van der Waals surface area contributed by atoms with E-state index in [-0.39, 0.29) is 12.5 Å². The van der Waals surface area contributed by atoms with Crippen molar-refractivity contribution in [2.45, 2.75) is 24.3 Å². The van der Waals surface area contributed by atoms with E-state index in [0.29, 0.717) is 27.3 Å². The summed E-state index contributed by atoms with van der Waals surface area (Å²) in [6.07, 6.45) is 1.57. The van der Waals surface area contributed by atoms with Crippen LogP contribution in [0.15, 0.2) is 63.7 Å². The fourth-order valence-corrected chi connectivity index (χ4v) is 4.92. The lowest BCUT2D eigenvalue weighted by Crippen LogP contribution is -2.23. The van der Waals surface area contributed by atoms with E-state index in [1.165, 1.54) is 23.1 Å². The minimum absolute atomic E-state index is 0.243. The third-order valence-electron chi connectivity index (χ3n) is 4.82. The molecule has 0 saturated heterocycles. The second-order valence-electron chi connectivity index (χ2n) is 7.03. The van der Waals surface area contributed by atoms with Crippen LogP contribution < -0.4 is 5.32 Å². The summed E-state index contributed by atoms with van der Waals surface area (Å²) in [5.74, 6) is 0.449. The number of amides is 1. The lowest BCUT2D eigenvalue weighted by atomic mass is 10.0. The van der Waals surface area contributed by atoms with Crippen LogP contribution in [0.1, 0.15) is 24.2 Å². The number of nitrogens with one attached hydrogen (secondary N) is 1. The van der Waals surface area contributed by atoms with E-state index in [1.807, 2.05) is 42.8 Å². The number of carbonyl (C=O) groups is 2. The van der Waals surface area contributed by atoms with Crippen LogP contribution in [0.5, 0.6) is 0 Å². The Bertz CT molecular complexity index is 1250. The van der Waals surface area contributed by atoms with Crippen molar-refractivity contribution in [3.05, 3.63) is 59.7 Å². The summed E-state index contributed by atoms with van der Waals surface area (Å²) in [4.78, 5) is 25.7. The van der Waals surface area contributed by atoms with Crippen LogP contribution in [0.25, 0.3) is 22.7 Å². The molecule has 4 rings (SSSR count). The third kappa shape index (κ3) is 4.86. The smallest absolute Gasteiger partial charge is 0.341 e. The Balaban J connectivity index is 1.53. The zero-order chi connectivity index (χ0) is 23.4. The summed E-state index contributed by atoms with van der Waals surface area (Å²) in [6, 6.07) is 13.1. The fourth-order valence-electron chi connectivity index (χ4n) is 3.15. The Kier molecular flexibility index (Phi) is 6.95. The molecule has 0 aliphatic heterocycles. The Hall–Kier alpha value is -3.37. The molecule has 0 bridgehead atoms. The highest BCUT2D eigenvalue weighted by Crippen LogP contribution is 2.37. The summed E-state index contributed by atoms with van der Waals surface area (Å²) in [6.45, 7) is 3.77. The maximum absolute atomic E-state index is 13.0. The van der Waals surface area contributed by atoms with Crippen LogP contribution in [0.3, 0.4) is 0 Å². The monoisotopic (exact) mass is 482 g/mol. The van der Waals surface area contributed by atoms with Crippen molar-refractivity contribution in [3.8, 4) is 22.7 Å². The molecule has 3 aromatic heterocycles. The number of esters is 1. The average Bonchev–Trinajstić information content (AvgIpc) is 3.55. The van der Waals surface area contributed by atoms with Gasteiger partial charge < -0.3 is 19.0 Å². The number of anilines is 1. The fraction of sp³-hybridized carbons (Fsp3) is 0.217. The van der Waals surface area contributed by atoms with E-state index in [4.69, 9.17) is 9.15 Å². The molecule has 1 unspecified atom stereocenters. The van der Waals surface area contributed by atoms with Crippen molar-refractivity contribution in [2.24, 2.45) is 7.05 Å². The van der Waals surface area contributed by atoms with Gasteiger partial charge in [0.2, 0.25) is 5.91 Å².